The van der Waals surface area contributed by atoms with Crippen molar-refractivity contribution >= 4 is 17.9 Å². The van der Waals surface area contributed by atoms with E-state index in [2.05, 4.69) is 5.32 Å². The zero-order valence-corrected chi connectivity index (χ0v) is 11.4. The third-order valence-corrected chi connectivity index (χ3v) is 3.21. The molecule has 6 nitrogen and oxygen atoms in total. The number of carbonyl (C=O) groups excluding carboxylic acids is 3. The molecule has 1 aromatic carbocycles. The quantitative estimate of drug-likeness (QED) is 0.819. The minimum absolute atomic E-state index is 0.0993. The van der Waals surface area contributed by atoms with Crippen LogP contribution in [0.4, 0.5) is 4.79 Å². The minimum atomic E-state index is -1.11. The number of hydrogen-bond donors (Lipinski definition) is 1. The van der Waals surface area contributed by atoms with Crippen molar-refractivity contribution in [2.24, 2.45) is 0 Å². The van der Waals surface area contributed by atoms with Gasteiger partial charge in [-0.25, -0.2) is 4.79 Å². The Labute approximate surface area is 116 Å². The smallest absolute Gasteiger partial charge is 0.411 e. The van der Waals surface area contributed by atoms with Gasteiger partial charge in [0.25, 0.3) is 5.91 Å². The minimum Gasteiger partial charge on any atom is -0.445 e. The second-order valence-electron chi connectivity index (χ2n) is 5.06. The molecule has 0 aromatic heterocycles. The number of imide groups is 1. The Balaban J connectivity index is 2.04. The molecule has 1 heterocycles. The van der Waals surface area contributed by atoms with Crippen molar-refractivity contribution in [1.29, 1.82) is 0 Å². The lowest BCUT2D eigenvalue weighted by Crippen LogP contribution is -2.65. The topological polar surface area (TPSA) is 75.7 Å². The normalized spacial score (nSPS) is 17.6. The fourth-order valence-corrected chi connectivity index (χ4v) is 1.87. The first-order chi connectivity index (χ1) is 9.41. The maximum Gasteiger partial charge on any atom is 0.411 e. The lowest BCUT2D eigenvalue weighted by Gasteiger charge is -2.39. The maximum atomic E-state index is 12.0. The predicted molar refractivity (Wildman–Crippen MR) is 70.6 cm³/mol. The highest BCUT2D eigenvalue weighted by molar-refractivity contribution is 6.05. The molecule has 0 saturated carbocycles. The van der Waals surface area contributed by atoms with E-state index in [9.17, 15) is 14.4 Å². The van der Waals surface area contributed by atoms with Crippen molar-refractivity contribution < 1.29 is 19.1 Å². The van der Waals surface area contributed by atoms with E-state index in [0.29, 0.717) is 0 Å². The van der Waals surface area contributed by atoms with Gasteiger partial charge in [0.1, 0.15) is 18.7 Å². The van der Waals surface area contributed by atoms with Gasteiger partial charge in [-0.2, -0.15) is 0 Å². The highest BCUT2D eigenvalue weighted by Gasteiger charge is 2.44. The van der Waals surface area contributed by atoms with Crippen molar-refractivity contribution in [3.63, 3.8) is 0 Å². The van der Waals surface area contributed by atoms with Crippen LogP contribution in [-0.4, -0.2) is 34.9 Å². The summed E-state index contributed by atoms with van der Waals surface area (Å²) < 4.78 is 5.15. The van der Waals surface area contributed by atoms with Crippen LogP contribution in [0.1, 0.15) is 19.4 Å². The van der Waals surface area contributed by atoms with Gasteiger partial charge in [-0.3, -0.25) is 19.8 Å². The third kappa shape index (κ3) is 2.79. The molecule has 0 spiro atoms. The van der Waals surface area contributed by atoms with Crippen molar-refractivity contribution in [2.75, 3.05) is 6.54 Å². The first-order valence-electron chi connectivity index (χ1n) is 6.24. The van der Waals surface area contributed by atoms with Gasteiger partial charge in [-0.05, 0) is 19.4 Å². The van der Waals surface area contributed by atoms with Crippen molar-refractivity contribution in [2.45, 2.75) is 26.0 Å². The van der Waals surface area contributed by atoms with E-state index in [-0.39, 0.29) is 13.2 Å². The van der Waals surface area contributed by atoms with Gasteiger partial charge < -0.3 is 4.74 Å². The summed E-state index contributed by atoms with van der Waals surface area (Å²) in [7, 11) is 0. The van der Waals surface area contributed by atoms with E-state index < -0.39 is 23.4 Å². The highest BCUT2D eigenvalue weighted by Crippen LogP contribution is 2.19. The van der Waals surface area contributed by atoms with Crippen LogP contribution in [0.2, 0.25) is 0 Å². The van der Waals surface area contributed by atoms with E-state index in [4.69, 9.17) is 4.74 Å². The Kier molecular flexibility index (Phi) is 3.74. The lowest BCUT2D eigenvalue weighted by atomic mass is 9.99. The molecule has 3 amide bonds. The monoisotopic (exact) mass is 276 g/mol. The Morgan fingerprint density at radius 2 is 1.95 bits per heavy atom. The molecule has 1 aromatic rings. The summed E-state index contributed by atoms with van der Waals surface area (Å²) in [4.78, 5) is 36.3. The number of piperazine rings is 1. The summed E-state index contributed by atoms with van der Waals surface area (Å²) in [6, 6.07) is 9.19. The fourth-order valence-electron chi connectivity index (χ4n) is 1.87. The number of nitrogens with zero attached hydrogens (tertiary/aromatic N) is 1. The summed E-state index contributed by atoms with van der Waals surface area (Å²) in [5.74, 6) is -1.02. The predicted octanol–water partition coefficient (Wildman–Crippen LogP) is 1.06. The van der Waals surface area contributed by atoms with Crippen LogP contribution in [-0.2, 0) is 20.9 Å². The number of nitrogens with one attached hydrogen (secondary N) is 1. The van der Waals surface area contributed by atoms with E-state index in [0.717, 1.165) is 10.5 Å². The Bertz CT molecular complexity index is 539. The number of rotatable bonds is 2. The van der Waals surface area contributed by atoms with Crippen LogP contribution < -0.4 is 5.32 Å². The van der Waals surface area contributed by atoms with Crippen molar-refractivity contribution in [3.05, 3.63) is 35.9 Å². The SMILES string of the molecule is CC1(C)C(=O)NC(=O)CN1C(=O)OCc1ccccc1. The second kappa shape index (κ2) is 5.32. The zero-order chi connectivity index (χ0) is 14.8. The number of benzene rings is 1. The lowest BCUT2D eigenvalue weighted by molar-refractivity contribution is -0.143. The Morgan fingerprint density at radius 3 is 2.60 bits per heavy atom. The number of amides is 3. The summed E-state index contributed by atoms with van der Waals surface area (Å²) in [6.07, 6.45) is -0.679. The van der Waals surface area contributed by atoms with Crippen LogP contribution in [0.25, 0.3) is 0 Å². The van der Waals surface area contributed by atoms with Crippen molar-refractivity contribution in [3.8, 4) is 0 Å². The molecule has 6 heteroatoms. The third-order valence-electron chi connectivity index (χ3n) is 3.21. The first-order valence-corrected chi connectivity index (χ1v) is 6.24. The van der Waals surface area contributed by atoms with E-state index in [1.807, 2.05) is 30.3 Å². The molecule has 1 saturated heterocycles. The van der Waals surface area contributed by atoms with Gasteiger partial charge >= 0.3 is 6.09 Å². The average molecular weight is 276 g/mol. The molecule has 0 aliphatic carbocycles. The molecule has 1 fully saturated rings. The Morgan fingerprint density at radius 1 is 1.30 bits per heavy atom. The summed E-state index contributed by atoms with van der Waals surface area (Å²) in [6.45, 7) is 3.05. The van der Waals surface area contributed by atoms with Gasteiger partial charge in [0.05, 0.1) is 0 Å². The average Bonchev–Trinajstić information content (AvgIpc) is 2.41. The molecule has 1 N–H and O–H groups in total. The van der Waals surface area contributed by atoms with E-state index >= 15 is 0 Å². The Hall–Kier alpha value is -2.37. The zero-order valence-electron chi connectivity index (χ0n) is 11.4. The largest absolute Gasteiger partial charge is 0.445 e. The molecule has 106 valence electrons. The van der Waals surface area contributed by atoms with Crippen molar-refractivity contribution in [1.82, 2.24) is 10.2 Å². The van der Waals surface area contributed by atoms with E-state index in [1.54, 1.807) is 13.8 Å². The first kappa shape index (κ1) is 14.0. The number of hydrogen-bond acceptors (Lipinski definition) is 4. The number of carbonyl (C=O) groups is 3. The van der Waals surface area contributed by atoms with Gasteiger partial charge in [-0.15, -0.1) is 0 Å². The fraction of sp³-hybridized carbons (Fsp3) is 0.357. The second-order valence-corrected chi connectivity index (χ2v) is 5.06. The van der Waals surface area contributed by atoms with Gasteiger partial charge in [0.2, 0.25) is 5.91 Å². The van der Waals surface area contributed by atoms with Crippen LogP contribution in [0.15, 0.2) is 30.3 Å². The molecule has 0 radical (unpaired) electrons. The molecule has 0 atom stereocenters. The molecule has 1 aliphatic rings. The van der Waals surface area contributed by atoms with Crippen LogP contribution in [0.5, 0.6) is 0 Å². The summed E-state index contributed by atoms with van der Waals surface area (Å²) in [5, 5.41) is 2.20. The van der Waals surface area contributed by atoms with Gasteiger partial charge in [0, 0.05) is 0 Å². The van der Waals surface area contributed by atoms with E-state index in [1.165, 1.54) is 0 Å². The highest BCUT2D eigenvalue weighted by atomic mass is 16.6. The molecule has 0 bridgehead atoms. The molecule has 1 aliphatic heterocycles. The molecular formula is C14H16N2O4. The molecule has 2 rings (SSSR count). The summed E-state index contributed by atoms with van der Waals surface area (Å²) in [5.41, 5.74) is -0.270. The standard InChI is InChI=1S/C14H16N2O4/c1-14(2)12(18)15-11(17)8-16(14)13(19)20-9-10-6-4-3-5-7-10/h3-7H,8-9H2,1-2H3,(H,15,17,18). The maximum absolute atomic E-state index is 12.0. The van der Waals surface area contributed by atoms with Gasteiger partial charge in [-0.1, -0.05) is 30.3 Å². The van der Waals surface area contributed by atoms with Gasteiger partial charge in [0.15, 0.2) is 0 Å². The van der Waals surface area contributed by atoms with Crippen LogP contribution >= 0.6 is 0 Å². The molecule has 20 heavy (non-hydrogen) atoms. The molecular weight excluding hydrogens is 260 g/mol. The van der Waals surface area contributed by atoms with Crippen LogP contribution in [0.3, 0.4) is 0 Å². The number of ether oxygens (including phenoxy) is 1. The molecule has 0 unspecified atom stereocenters. The van der Waals surface area contributed by atoms with Crippen LogP contribution in [0, 0.1) is 0 Å². The summed E-state index contributed by atoms with van der Waals surface area (Å²) >= 11 is 0.